The summed E-state index contributed by atoms with van der Waals surface area (Å²) >= 11 is 1.55. The van der Waals surface area contributed by atoms with E-state index >= 15 is 0 Å². The molecule has 5 heteroatoms. The van der Waals surface area contributed by atoms with Gasteiger partial charge in [0.25, 0.3) is 0 Å². The third kappa shape index (κ3) is 1.93. The van der Waals surface area contributed by atoms with Gasteiger partial charge in [0.2, 0.25) is 0 Å². The van der Waals surface area contributed by atoms with E-state index in [1.54, 1.807) is 23.0 Å². The summed E-state index contributed by atoms with van der Waals surface area (Å²) in [6.45, 7) is 3.82. The predicted molar refractivity (Wildman–Crippen MR) is 54.9 cm³/mol. The molecule has 1 aliphatic heterocycles. The third-order valence-electron chi connectivity index (χ3n) is 2.36. The maximum atomic E-state index is 9.12. The zero-order valence-electron chi connectivity index (χ0n) is 7.81. The molecule has 1 aromatic rings. The molecule has 0 aromatic carbocycles. The van der Waals surface area contributed by atoms with E-state index < -0.39 is 0 Å². The summed E-state index contributed by atoms with van der Waals surface area (Å²) in [5.74, 6) is 0. The van der Waals surface area contributed by atoms with E-state index in [0.717, 1.165) is 31.1 Å². The van der Waals surface area contributed by atoms with Crippen LogP contribution in [-0.4, -0.2) is 36.1 Å². The van der Waals surface area contributed by atoms with Crippen LogP contribution >= 0.6 is 11.3 Å². The van der Waals surface area contributed by atoms with Crippen LogP contribution in [0.1, 0.15) is 10.9 Å². The summed E-state index contributed by atoms with van der Waals surface area (Å²) in [5.41, 5.74) is 1.78. The van der Waals surface area contributed by atoms with Crippen LogP contribution in [0.15, 0.2) is 11.7 Å². The van der Waals surface area contributed by atoms with Crippen LogP contribution in [0.3, 0.4) is 0 Å². The Bertz CT molecular complexity index is 310. The molecule has 0 aliphatic carbocycles. The number of aromatic nitrogens is 1. The molecule has 1 atom stereocenters. The second-order valence-corrected chi connectivity index (χ2v) is 4.14. The van der Waals surface area contributed by atoms with Crippen molar-refractivity contribution in [1.29, 1.82) is 5.26 Å². The minimum absolute atomic E-state index is 0.107. The van der Waals surface area contributed by atoms with Crippen molar-refractivity contribution in [3.63, 3.8) is 0 Å². The van der Waals surface area contributed by atoms with Gasteiger partial charge in [-0.25, -0.2) is 0 Å². The van der Waals surface area contributed by atoms with Crippen molar-refractivity contribution in [3.8, 4) is 6.07 Å². The van der Waals surface area contributed by atoms with Gasteiger partial charge in [-0.2, -0.15) is 5.26 Å². The van der Waals surface area contributed by atoms with Crippen LogP contribution in [0.25, 0.3) is 0 Å². The molecule has 74 valence electrons. The predicted octanol–water partition coefficient (Wildman–Crippen LogP) is 0.613. The van der Waals surface area contributed by atoms with Crippen molar-refractivity contribution < 1.29 is 0 Å². The molecular formula is C9H12N4S. The first kappa shape index (κ1) is 9.59. The number of hydrogen-bond acceptors (Lipinski definition) is 5. The molecule has 0 spiro atoms. The zero-order chi connectivity index (χ0) is 9.80. The molecule has 1 fully saturated rings. The number of nitrogens with one attached hydrogen (secondary N) is 1. The number of rotatable bonds is 2. The highest BCUT2D eigenvalue weighted by molar-refractivity contribution is 7.09. The Morgan fingerprint density at radius 3 is 2.93 bits per heavy atom. The lowest BCUT2D eigenvalue weighted by Gasteiger charge is -2.30. The second kappa shape index (κ2) is 4.51. The van der Waals surface area contributed by atoms with Crippen molar-refractivity contribution in [2.75, 3.05) is 26.2 Å². The van der Waals surface area contributed by atoms with Gasteiger partial charge in [0.1, 0.15) is 6.04 Å². The molecule has 1 saturated heterocycles. The molecular weight excluding hydrogens is 196 g/mol. The van der Waals surface area contributed by atoms with Gasteiger partial charge in [0.05, 0.1) is 16.5 Å². The Balaban J connectivity index is 2.09. The van der Waals surface area contributed by atoms with E-state index in [4.69, 9.17) is 5.26 Å². The van der Waals surface area contributed by atoms with Gasteiger partial charge in [-0.3, -0.25) is 9.88 Å². The van der Waals surface area contributed by atoms with Crippen molar-refractivity contribution >= 4 is 11.3 Å². The lowest BCUT2D eigenvalue weighted by atomic mass is 10.2. The van der Waals surface area contributed by atoms with Crippen LogP contribution in [0.4, 0.5) is 0 Å². The Morgan fingerprint density at radius 1 is 1.57 bits per heavy atom. The molecule has 1 unspecified atom stereocenters. The Hall–Kier alpha value is -0.960. The normalized spacial score (nSPS) is 20.2. The number of nitriles is 1. The Kier molecular flexibility index (Phi) is 3.09. The SMILES string of the molecule is N#CC(c1cncs1)N1CCNCC1. The highest BCUT2D eigenvalue weighted by Crippen LogP contribution is 2.23. The molecule has 14 heavy (non-hydrogen) atoms. The zero-order valence-corrected chi connectivity index (χ0v) is 8.63. The molecule has 0 amide bonds. The maximum Gasteiger partial charge on any atom is 0.134 e. The molecule has 1 aliphatic rings. The number of thiazole rings is 1. The number of nitrogens with zero attached hydrogens (tertiary/aromatic N) is 3. The van der Waals surface area contributed by atoms with E-state index in [0.29, 0.717) is 0 Å². The van der Waals surface area contributed by atoms with Crippen molar-refractivity contribution in [2.24, 2.45) is 0 Å². The highest BCUT2D eigenvalue weighted by atomic mass is 32.1. The largest absolute Gasteiger partial charge is 0.314 e. The monoisotopic (exact) mass is 208 g/mol. The lowest BCUT2D eigenvalue weighted by molar-refractivity contribution is 0.209. The second-order valence-electron chi connectivity index (χ2n) is 3.22. The van der Waals surface area contributed by atoms with E-state index in [2.05, 4.69) is 21.3 Å². The Morgan fingerprint density at radius 2 is 2.36 bits per heavy atom. The summed E-state index contributed by atoms with van der Waals surface area (Å²) in [6, 6.07) is 2.24. The van der Waals surface area contributed by atoms with E-state index in [9.17, 15) is 0 Å². The fourth-order valence-electron chi connectivity index (χ4n) is 1.63. The molecule has 1 N–H and O–H groups in total. The maximum absolute atomic E-state index is 9.12. The van der Waals surface area contributed by atoms with Crippen LogP contribution in [0.5, 0.6) is 0 Å². The van der Waals surface area contributed by atoms with Gasteiger partial charge in [-0.15, -0.1) is 11.3 Å². The van der Waals surface area contributed by atoms with Gasteiger partial charge in [0.15, 0.2) is 0 Å². The van der Waals surface area contributed by atoms with E-state index in [1.165, 1.54) is 0 Å². The van der Waals surface area contributed by atoms with Gasteiger partial charge < -0.3 is 5.32 Å². The van der Waals surface area contributed by atoms with Crippen LogP contribution in [-0.2, 0) is 0 Å². The van der Waals surface area contributed by atoms with Crippen LogP contribution in [0.2, 0.25) is 0 Å². The molecule has 2 heterocycles. The standard InChI is InChI=1S/C9H12N4S/c10-5-8(9-6-12-7-14-9)13-3-1-11-2-4-13/h6-8,11H,1-4H2. The number of piperazine rings is 1. The fourth-order valence-corrected chi connectivity index (χ4v) is 2.32. The first-order valence-corrected chi connectivity index (χ1v) is 5.52. The summed E-state index contributed by atoms with van der Waals surface area (Å²) in [7, 11) is 0. The molecule has 4 nitrogen and oxygen atoms in total. The van der Waals surface area contributed by atoms with Gasteiger partial charge in [-0.05, 0) is 0 Å². The van der Waals surface area contributed by atoms with Crippen molar-refractivity contribution in [3.05, 3.63) is 16.6 Å². The number of hydrogen-bond donors (Lipinski definition) is 1. The van der Waals surface area contributed by atoms with Gasteiger partial charge in [-0.1, -0.05) is 0 Å². The summed E-state index contributed by atoms with van der Waals surface area (Å²) < 4.78 is 0. The minimum atomic E-state index is -0.107. The lowest BCUT2D eigenvalue weighted by Crippen LogP contribution is -2.44. The van der Waals surface area contributed by atoms with E-state index in [1.807, 2.05) is 0 Å². The highest BCUT2D eigenvalue weighted by Gasteiger charge is 2.22. The summed E-state index contributed by atoms with van der Waals surface area (Å²) in [4.78, 5) is 7.26. The first-order valence-electron chi connectivity index (χ1n) is 4.64. The average Bonchev–Trinajstić information content (AvgIpc) is 2.74. The molecule has 0 radical (unpaired) electrons. The Labute approximate surface area is 87.2 Å². The van der Waals surface area contributed by atoms with Crippen molar-refractivity contribution in [2.45, 2.75) is 6.04 Å². The first-order chi connectivity index (χ1) is 6.92. The smallest absolute Gasteiger partial charge is 0.134 e. The molecule has 2 rings (SSSR count). The van der Waals surface area contributed by atoms with E-state index in [-0.39, 0.29) is 6.04 Å². The van der Waals surface area contributed by atoms with Crippen LogP contribution in [0, 0.1) is 11.3 Å². The van der Waals surface area contributed by atoms with Crippen LogP contribution < -0.4 is 5.32 Å². The summed E-state index contributed by atoms with van der Waals surface area (Å²) in [6.07, 6.45) is 1.79. The average molecular weight is 208 g/mol. The minimum Gasteiger partial charge on any atom is -0.314 e. The fraction of sp³-hybridized carbons (Fsp3) is 0.556. The molecule has 0 bridgehead atoms. The quantitative estimate of drug-likeness (QED) is 0.774. The topological polar surface area (TPSA) is 52.0 Å². The summed E-state index contributed by atoms with van der Waals surface area (Å²) in [5, 5.41) is 12.4. The van der Waals surface area contributed by atoms with Gasteiger partial charge >= 0.3 is 0 Å². The third-order valence-corrected chi connectivity index (χ3v) is 3.19. The van der Waals surface area contributed by atoms with Crippen molar-refractivity contribution in [1.82, 2.24) is 15.2 Å². The molecule has 0 saturated carbocycles. The molecule has 1 aromatic heterocycles. The van der Waals surface area contributed by atoms with Gasteiger partial charge in [0, 0.05) is 32.4 Å².